The fourth-order valence-corrected chi connectivity index (χ4v) is 4.82. The molecule has 140 valence electrons. The second kappa shape index (κ2) is 9.55. The number of hydrogen-bond donors (Lipinski definition) is 1. The molecule has 5 nitrogen and oxygen atoms in total. The van der Waals surface area contributed by atoms with Crippen molar-refractivity contribution >= 4 is 27.5 Å². The molecule has 0 radical (unpaired) electrons. The molecule has 1 amide bonds. The second-order valence-electron chi connectivity index (χ2n) is 6.56. The Balaban J connectivity index is 1.83. The lowest BCUT2D eigenvalue weighted by atomic mass is 9.97. The number of halogens is 1. The summed E-state index contributed by atoms with van der Waals surface area (Å²) in [4.78, 5) is 12.2. The van der Waals surface area contributed by atoms with Gasteiger partial charge in [0, 0.05) is 30.6 Å². The lowest BCUT2D eigenvalue weighted by molar-refractivity contribution is -0.126. The van der Waals surface area contributed by atoms with Gasteiger partial charge in [-0.05, 0) is 37.0 Å². The van der Waals surface area contributed by atoms with Crippen molar-refractivity contribution in [1.29, 1.82) is 0 Å². The van der Waals surface area contributed by atoms with Crippen LogP contribution in [0.5, 0.6) is 0 Å². The topological polar surface area (TPSA) is 66.5 Å². The number of carbonyl (C=O) groups excluding carboxylic acids is 1. The molecule has 2 rings (SSSR count). The third kappa shape index (κ3) is 6.28. The van der Waals surface area contributed by atoms with E-state index in [1.165, 1.54) is 4.31 Å². The second-order valence-corrected chi connectivity index (χ2v) is 8.96. The molecule has 0 saturated carbocycles. The molecule has 0 aromatic heterocycles. The van der Waals surface area contributed by atoms with E-state index in [0.29, 0.717) is 43.1 Å². The maximum atomic E-state index is 12.6. The van der Waals surface area contributed by atoms with Crippen LogP contribution < -0.4 is 5.32 Å². The van der Waals surface area contributed by atoms with Crippen molar-refractivity contribution < 1.29 is 13.2 Å². The Morgan fingerprint density at radius 2 is 2.00 bits per heavy atom. The van der Waals surface area contributed by atoms with Gasteiger partial charge in [-0.15, -0.1) is 0 Å². The van der Waals surface area contributed by atoms with Crippen molar-refractivity contribution in [2.75, 3.05) is 19.6 Å². The van der Waals surface area contributed by atoms with Crippen molar-refractivity contribution in [2.45, 2.75) is 44.8 Å². The smallest absolute Gasteiger partial charge is 0.223 e. The van der Waals surface area contributed by atoms with Crippen LogP contribution in [0, 0.1) is 5.92 Å². The minimum absolute atomic E-state index is 0.0541. The molecule has 1 N–H and O–H groups in total. The minimum Gasteiger partial charge on any atom is -0.356 e. The number of sulfonamides is 1. The Morgan fingerprint density at radius 3 is 2.64 bits per heavy atom. The highest BCUT2D eigenvalue weighted by Crippen LogP contribution is 2.22. The highest BCUT2D eigenvalue weighted by molar-refractivity contribution is 7.88. The van der Waals surface area contributed by atoms with Crippen molar-refractivity contribution in [3.8, 4) is 0 Å². The Kier molecular flexibility index (Phi) is 7.72. The zero-order valence-electron chi connectivity index (χ0n) is 14.7. The molecule has 0 unspecified atom stereocenters. The number of carbonyl (C=O) groups is 1. The summed E-state index contributed by atoms with van der Waals surface area (Å²) in [6, 6.07) is 6.92. The van der Waals surface area contributed by atoms with Gasteiger partial charge >= 0.3 is 0 Å². The fraction of sp³-hybridized carbons (Fsp3) is 0.611. The van der Waals surface area contributed by atoms with E-state index >= 15 is 0 Å². The monoisotopic (exact) mass is 386 g/mol. The normalized spacial score (nSPS) is 16.7. The molecule has 7 heteroatoms. The van der Waals surface area contributed by atoms with Crippen LogP contribution in [-0.4, -0.2) is 38.3 Å². The predicted octanol–water partition coefficient (Wildman–Crippen LogP) is 3.19. The molecule has 0 bridgehead atoms. The van der Waals surface area contributed by atoms with Gasteiger partial charge in [-0.2, -0.15) is 0 Å². The largest absolute Gasteiger partial charge is 0.356 e. The highest BCUT2D eigenvalue weighted by Gasteiger charge is 2.31. The third-order valence-electron chi connectivity index (χ3n) is 4.54. The van der Waals surface area contributed by atoms with Gasteiger partial charge < -0.3 is 5.32 Å². The molecule has 0 atom stereocenters. The Hall–Kier alpha value is -1.11. The molecular weight excluding hydrogens is 360 g/mol. The van der Waals surface area contributed by atoms with Crippen LogP contribution in [0.25, 0.3) is 0 Å². The SMILES string of the molecule is CCCCCNC(=O)C1CCN(S(=O)(=O)Cc2cccc(Cl)c2)CC1. The van der Waals surface area contributed by atoms with Crippen molar-refractivity contribution in [3.05, 3.63) is 34.9 Å². The summed E-state index contributed by atoms with van der Waals surface area (Å²) in [5.74, 6) is -0.0798. The summed E-state index contributed by atoms with van der Waals surface area (Å²) in [5.41, 5.74) is 0.684. The van der Waals surface area contributed by atoms with E-state index in [4.69, 9.17) is 11.6 Å². The predicted molar refractivity (Wildman–Crippen MR) is 101 cm³/mol. The molecule has 1 aromatic rings. The van der Waals surface area contributed by atoms with Crippen LogP contribution in [-0.2, 0) is 20.6 Å². The zero-order chi connectivity index (χ0) is 18.3. The average Bonchev–Trinajstić information content (AvgIpc) is 2.58. The third-order valence-corrected chi connectivity index (χ3v) is 6.62. The first-order valence-electron chi connectivity index (χ1n) is 8.92. The molecule has 0 spiro atoms. The summed E-state index contributed by atoms with van der Waals surface area (Å²) in [6.45, 7) is 3.63. The van der Waals surface area contributed by atoms with E-state index in [9.17, 15) is 13.2 Å². The number of amides is 1. The van der Waals surface area contributed by atoms with Gasteiger partial charge in [0.15, 0.2) is 0 Å². The van der Waals surface area contributed by atoms with E-state index in [0.717, 1.165) is 19.3 Å². The van der Waals surface area contributed by atoms with Crippen molar-refractivity contribution in [1.82, 2.24) is 9.62 Å². The van der Waals surface area contributed by atoms with Crippen LogP contribution in [0.2, 0.25) is 5.02 Å². The quantitative estimate of drug-likeness (QED) is 0.697. The Morgan fingerprint density at radius 1 is 1.28 bits per heavy atom. The van der Waals surface area contributed by atoms with Gasteiger partial charge in [-0.3, -0.25) is 4.79 Å². The summed E-state index contributed by atoms with van der Waals surface area (Å²) in [6.07, 6.45) is 4.39. The number of benzene rings is 1. The number of unbranched alkanes of at least 4 members (excludes halogenated alkanes) is 2. The van der Waals surface area contributed by atoms with Gasteiger partial charge in [0.2, 0.25) is 15.9 Å². The lowest BCUT2D eigenvalue weighted by Crippen LogP contribution is -2.43. The zero-order valence-corrected chi connectivity index (χ0v) is 16.3. The first kappa shape index (κ1) is 20.2. The molecule has 1 aliphatic heterocycles. The van der Waals surface area contributed by atoms with Gasteiger partial charge in [-0.1, -0.05) is 43.5 Å². The number of rotatable bonds is 8. The van der Waals surface area contributed by atoms with E-state index < -0.39 is 10.0 Å². The van der Waals surface area contributed by atoms with Crippen molar-refractivity contribution in [3.63, 3.8) is 0 Å². The molecule has 1 fully saturated rings. The van der Waals surface area contributed by atoms with Crippen LogP contribution in [0.1, 0.15) is 44.6 Å². The number of hydrogen-bond acceptors (Lipinski definition) is 3. The first-order chi connectivity index (χ1) is 11.9. The van der Waals surface area contributed by atoms with Gasteiger partial charge in [0.1, 0.15) is 0 Å². The summed E-state index contributed by atoms with van der Waals surface area (Å²) in [7, 11) is -3.38. The van der Waals surface area contributed by atoms with E-state index in [1.54, 1.807) is 24.3 Å². The number of nitrogens with one attached hydrogen (secondary N) is 1. The lowest BCUT2D eigenvalue weighted by Gasteiger charge is -2.30. The number of nitrogens with zero attached hydrogens (tertiary/aromatic N) is 1. The molecule has 1 saturated heterocycles. The summed E-state index contributed by atoms with van der Waals surface area (Å²) >= 11 is 5.92. The van der Waals surface area contributed by atoms with E-state index in [2.05, 4.69) is 12.2 Å². The van der Waals surface area contributed by atoms with E-state index in [-0.39, 0.29) is 17.6 Å². The first-order valence-corrected chi connectivity index (χ1v) is 10.9. The van der Waals surface area contributed by atoms with Gasteiger partial charge in [-0.25, -0.2) is 12.7 Å². The standard InChI is InChI=1S/C18H27ClN2O3S/c1-2-3-4-10-20-18(22)16-8-11-21(12-9-16)25(23,24)14-15-6-5-7-17(19)13-15/h5-7,13,16H,2-4,8-12,14H2,1H3,(H,20,22). The van der Waals surface area contributed by atoms with Crippen LogP contribution >= 0.6 is 11.6 Å². The molecule has 1 aliphatic rings. The van der Waals surface area contributed by atoms with Gasteiger partial charge in [0.05, 0.1) is 5.75 Å². The summed E-state index contributed by atoms with van der Waals surface area (Å²) < 4.78 is 26.6. The number of piperidine rings is 1. The molecule has 1 heterocycles. The maximum Gasteiger partial charge on any atom is 0.223 e. The summed E-state index contributed by atoms with van der Waals surface area (Å²) in [5, 5.41) is 3.50. The van der Waals surface area contributed by atoms with Crippen LogP contribution in [0.15, 0.2) is 24.3 Å². The molecule has 25 heavy (non-hydrogen) atoms. The minimum atomic E-state index is -3.38. The Bertz CT molecular complexity index is 671. The maximum absolute atomic E-state index is 12.6. The van der Waals surface area contributed by atoms with Crippen molar-refractivity contribution in [2.24, 2.45) is 5.92 Å². The fourth-order valence-electron chi connectivity index (χ4n) is 3.06. The van der Waals surface area contributed by atoms with Crippen LogP contribution in [0.4, 0.5) is 0 Å². The average molecular weight is 387 g/mol. The molecular formula is C18H27ClN2O3S. The highest BCUT2D eigenvalue weighted by atomic mass is 35.5. The molecule has 0 aliphatic carbocycles. The van der Waals surface area contributed by atoms with Gasteiger partial charge in [0.25, 0.3) is 0 Å². The molecule has 1 aromatic carbocycles. The van der Waals surface area contributed by atoms with E-state index in [1.807, 2.05) is 0 Å². The Labute approximate surface area is 155 Å². The van der Waals surface area contributed by atoms with Crippen LogP contribution in [0.3, 0.4) is 0 Å².